The number of benzene rings is 3. The molecule has 0 spiro atoms. The minimum Gasteiger partial charge on any atom is -0.467 e. The maximum atomic E-state index is 5.93. The molecule has 0 radical (unpaired) electrons. The minimum atomic E-state index is -0.0687. The van der Waals surface area contributed by atoms with Gasteiger partial charge < -0.3 is 9.47 Å². The number of para-hydroxylation sites is 1. The standard InChI is InChI=1S/C27H32NO2P/c1-6-27(3,23-17-10-11-18-24(23)30-19-29-5)31-26-20(2)13-12-16-22(26)25(28-4)21-14-8-7-9-15-21/h7-18,31H,6,19H2,1-5H3/b28-25+. The number of aliphatic imine (C=N–C) groups is 1. The summed E-state index contributed by atoms with van der Waals surface area (Å²) in [6.45, 7) is 7.04. The van der Waals surface area contributed by atoms with E-state index >= 15 is 0 Å². The predicted octanol–water partition coefficient (Wildman–Crippen LogP) is 6.07. The molecular weight excluding hydrogens is 401 g/mol. The first-order chi connectivity index (χ1) is 15.0. The summed E-state index contributed by atoms with van der Waals surface area (Å²) in [6, 6.07) is 25.3. The fraction of sp³-hybridized carbons (Fsp3) is 0.296. The molecule has 0 aromatic heterocycles. The lowest BCUT2D eigenvalue weighted by atomic mass is 9.96. The first-order valence-corrected chi connectivity index (χ1v) is 11.7. The van der Waals surface area contributed by atoms with Crippen molar-refractivity contribution in [1.29, 1.82) is 0 Å². The van der Waals surface area contributed by atoms with E-state index in [2.05, 4.69) is 75.4 Å². The van der Waals surface area contributed by atoms with E-state index in [1.54, 1.807) is 7.11 Å². The molecular formula is C27H32NO2P. The van der Waals surface area contributed by atoms with Crippen LogP contribution in [-0.2, 0) is 9.89 Å². The third-order valence-corrected chi connectivity index (χ3v) is 7.81. The van der Waals surface area contributed by atoms with Gasteiger partial charge in [0.1, 0.15) is 5.75 Å². The zero-order chi connectivity index (χ0) is 22.3. The van der Waals surface area contributed by atoms with E-state index in [4.69, 9.17) is 14.5 Å². The second-order valence-corrected chi connectivity index (χ2v) is 9.65. The largest absolute Gasteiger partial charge is 0.467 e. The molecule has 0 saturated carbocycles. The molecule has 3 rings (SSSR count). The van der Waals surface area contributed by atoms with Crippen LogP contribution in [0, 0.1) is 6.92 Å². The molecule has 31 heavy (non-hydrogen) atoms. The molecule has 0 aliphatic rings. The smallest absolute Gasteiger partial charge is 0.188 e. The van der Waals surface area contributed by atoms with Crippen LogP contribution in [0.3, 0.4) is 0 Å². The van der Waals surface area contributed by atoms with E-state index in [-0.39, 0.29) is 11.9 Å². The molecule has 0 heterocycles. The Bertz CT molecular complexity index is 1030. The van der Waals surface area contributed by atoms with Crippen molar-refractivity contribution in [3.63, 3.8) is 0 Å². The van der Waals surface area contributed by atoms with Crippen LogP contribution in [0.2, 0.25) is 0 Å². The summed E-state index contributed by atoms with van der Waals surface area (Å²) >= 11 is 0. The van der Waals surface area contributed by atoms with Gasteiger partial charge in [-0.05, 0) is 30.3 Å². The van der Waals surface area contributed by atoms with Crippen LogP contribution in [0.4, 0.5) is 0 Å². The van der Waals surface area contributed by atoms with Crippen molar-refractivity contribution < 1.29 is 9.47 Å². The van der Waals surface area contributed by atoms with Crippen molar-refractivity contribution in [2.24, 2.45) is 4.99 Å². The zero-order valence-electron chi connectivity index (χ0n) is 19.1. The zero-order valence-corrected chi connectivity index (χ0v) is 20.1. The number of hydrogen-bond donors (Lipinski definition) is 0. The summed E-state index contributed by atoms with van der Waals surface area (Å²) in [4.78, 5) is 4.70. The van der Waals surface area contributed by atoms with Crippen LogP contribution in [0.15, 0.2) is 77.8 Å². The van der Waals surface area contributed by atoms with Gasteiger partial charge in [-0.2, -0.15) is 0 Å². The molecule has 3 aromatic carbocycles. The molecule has 2 atom stereocenters. The summed E-state index contributed by atoms with van der Waals surface area (Å²) in [5.74, 6) is 0.892. The number of nitrogens with zero attached hydrogens (tertiary/aromatic N) is 1. The van der Waals surface area contributed by atoms with Gasteiger partial charge in [0.15, 0.2) is 6.79 Å². The molecule has 0 fully saturated rings. The monoisotopic (exact) mass is 433 g/mol. The molecule has 0 amide bonds. The second-order valence-electron chi connectivity index (χ2n) is 7.79. The van der Waals surface area contributed by atoms with Gasteiger partial charge in [-0.1, -0.05) is 89.2 Å². The van der Waals surface area contributed by atoms with E-state index < -0.39 is 0 Å². The lowest BCUT2D eigenvalue weighted by Gasteiger charge is -2.32. The number of aryl methyl sites for hydroxylation is 1. The Kier molecular flexibility index (Phi) is 8.01. The topological polar surface area (TPSA) is 30.8 Å². The molecule has 3 aromatic rings. The molecule has 0 aliphatic carbocycles. The highest BCUT2D eigenvalue weighted by molar-refractivity contribution is 7.49. The van der Waals surface area contributed by atoms with Crippen LogP contribution in [0.5, 0.6) is 5.75 Å². The number of rotatable bonds is 9. The van der Waals surface area contributed by atoms with Gasteiger partial charge >= 0.3 is 0 Å². The van der Waals surface area contributed by atoms with Crippen molar-refractivity contribution in [2.45, 2.75) is 32.3 Å². The van der Waals surface area contributed by atoms with E-state index in [1.807, 2.05) is 25.2 Å². The van der Waals surface area contributed by atoms with E-state index in [9.17, 15) is 0 Å². The summed E-state index contributed by atoms with van der Waals surface area (Å²) in [6.07, 6.45) is 0.997. The summed E-state index contributed by atoms with van der Waals surface area (Å²) in [7, 11) is 4.09. The lowest BCUT2D eigenvalue weighted by Crippen LogP contribution is -2.24. The van der Waals surface area contributed by atoms with Gasteiger partial charge in [-0.15, -0.1) is 0 Å². The van der Waals surface area contributed by atoms with Crippen molar-refractivity contribution in [2.75, 3.05) is 21.0 Å². The molecule has 0 saturated heterocycles. The van der Waals surface area contributed by atoms with Gasteiger partial charge in [-0.3, -0.25) is 4.99 Å². The first kappa shape index (κ1) is 23.2. The Balaban J connectivity index is 2.08. The average Bonchev–Trinajstić information content (AvgIpc) is 2.81. The lowest BCUT2D eigenvalue weighted by molar-refractivity contribution is 0.0500. The molecule has 0 N–H and O–H groups in total. The van der Waals surface area contributed by atoms with Crippen molar-refractivity contribution in [1.82, 2.24) is 0 Å². The van der Waals surface area contributed by atoms with Crippen LogP contribution in [0.25, 0.3) is 0 Å². The Hall–Kier alpha value is -2.48. The Morgan fingerprint density at radius 2 is 1.68 bits per heavy atom. The van der Waals surface area contributed by atoms with Gasteiger partial charge in [0.25, 0.3) is 0 Å². The van der Waals surface area contributed by atoms with Gasteiger partial charge in [0.2, 0.25) is 0 Å². The Labute approximate surface area is 188 Å². The molecule has 4 heteroatoms. The van der Waals surface area contributed by atoms with Gasteiger partial charge in [0.05, 0.1) is 5.71 Å². The van der Waals surface area contributed by atoms with Crippen molar-refractivity contribution in [3.8, 4) is 5.75 Å². The molecule has 2 unspecified atom stereocenters. The van der Waals surface area contributed by atoms with Crippen LogP contribution in [0.1, 0.15) is 42.5 Å². The number of methoxy groups -OCH3 is 1. The number of ether oxygens (including phenoxy) is 2. The van der Waals surface area contributed by atoms with Crippen LogP contribution >= 0.6 is 8.58 Å². The normalized spacial score (nSPS) is 14.0. The maximum Gasteiger partial charge on any atom is 0.188 e. The molecule has 162 valence electrons. The molecule has 0 aliphatic heterocycles. The van der Waals surface area contributed by atoms with E-state index in [0.29, 0.717) is 8.58 Å². The van der Waals surface area contributed by atoms with Crippen LogP contribution < -0.4 is 10.0 Å². The SMILES string of the molecule is CCC(C)(Pc1c(C)cccc1/C(=N/C)c1ccccc1)c1ccccc1OCOC. The summed E-state index contributed by atoms with van der Waals surface area (Å²) in [5.41, 5.74) is 5.90. The van der Waals surface area contributed by atoms with Crippen LogP contribution in [-0.4, -0.2) is 26.7 Å². The highest BCUT2D eigenvalue weighted by Crippen LogP contribution is 2.48. The number of hydrogen-bond acceptors (Lipinski definition) is 3. The Morgan fingerprint density at radius 3 is 2.35 bits per heavy atom. The highest BCUT2D eigenvalue weighted by atomic mass is 31.1. The van der Waals surface area contributed by atoms with E-state index in [0.717, 1.165) is 23.4 Å². The molecule has 0 bridgehead atoms. The minimum absolute atomic E-state index is 0.0687. The Morgan fingerprint density at radius 1 is 0.968 bits per heavy atom. The highest BCUT2D eigenvalue weighted by Gasteiger charge is 2.30. The third-order valence-electron chi connectivity index (χ3n) is 5.72. The summed E-state index contributed by atoms with van der Waals surface area (Å²) < 4.78 is 11.1. The quantitative estimate of drug-likeness (QED) is 0.233. The van der Waals surface area contributed by atoms with E-state index in [1.165, 1.54) is 22.0 Å². The summed E-state index contributed by atoms with van der Waals surface area (Å²) in [5, 5.41) is 1.29. The first-order valence-electron chi connectivity index (χ1n) is 10.7. The van der Waals surface area contributed by atoms with Gasteiger partial charge in [-0.25, -0.2) is 0 Å². The predicted molar refractivity (Wildman–Crippen MR) is 134 cm³/mol. The van der Waals surface area contributed by atoms with Gasteiger partial charge in [0, 0.05) is 36.0 Å². The third kappa shape index (κ3) is 5.23. The fourth-order valence-electron chi connectivity index (χ4n) is 3.82. The maximum absolute atomic E-state index is 5.93. The van der Waals surface area contributed by atoms with Crippen molar-refractivity contribution >= 4 is 19.6 Å². The fourth-order valence-corrected chi connectivity index (χ4v) is 5.51. The molecule has 3 nitrogen and oxygen atoms in total. The van der Waals surface area contributed by atoms with Crippen molar-refractivity contribution in [3.05, 3.63) is 95.1 Å². The second kappa shape index (κ2) is 10.7. The average molecular weight is 434 g/mol.